The normalized spacial score (nSPS) is 13.6. The van der Waals surface area contributed by atoms with Crippen LogP contribution in [0.15, 0.2) is 63.9 Å². The predicted molar refractivity (Wildman–Crippen MR) is 173 cm³/mol. The molecule has 0 radical (unpaired) electrons. The van der Waals surface area contributed by atoms with E-state index in [0.717, 1.165) is 6.07 Å². The van der Waals surface area contributed by atoms with E-state index in [-0.39, 0.29) is 39.0 Å². The van der Waals surface area contributed by atoms with Gasteiger partial charge in [0.05, 0.1) is 11.0 Å². The number of alkyl halides is 9. The summed E-state index contributed by atoms with van der Waals surface area (Å²) in [5, 5.41) is -6.36. The molecule has 0 bridgehead atoms. The van der Waals surface area contributed by atoms with Gasteiger partial charge in [-0.1, -0.05) is 16.3 Å². The van der Waals surface area contributed by atoms with Crippen LogP contribution in [0.1, 0.15) is 33.3 Å². The maximum atomic E-state index is 14.6. The first-order chi connectivity index (χ1) is 23.4. The summed E-state index contributed by atoms with van der Waals surface area (Å²) in [6.45, 7) is 11.3. The number of halogens is 9. The Morgan fingerprint density at radius 2 is 1.33 bits per heavy atom. The lowest BCUT2D eigenvalue weighted by atomic mass is 9.93. The molecule has 2 aromatic rings. The van der Waals surface area contributed by atoms with Crippen LogP contribution in [-0.2, 0) is 20.0 Å². The van der Waals surface area contributed by atoms with Gasteiger partial charge >= 0.3 is 23.3 Å². The topological polar surface area (TPSA) is 99.7 Å². The largest absolute Gasteiger partial charge is 0.460 e. The van der Waals surface area contributed by atoms with Gasteiger partial charge in [-0.2, -0.15) is 39.5 Å². The molecule has 280 valence electrons. The summed E-state index contributed by atoms with van der Waals surface area (Å²) in [4.78, 5) is 0.877. The van der Waals surface area contributed by atoms with Crippen molar-refractivity contribution in [3.8, 4) is 22.5 Å². The summed E-state index contributed by atoms with van der Waals surface area (Å²) in [7, 11) is -13.5. The fourth-order valence-electron chi connectivity index (χ4n) is 5.56. The van der Waals surface area contributed by atoms with Gasteiger partial charge in [-0.15, -0.1) is 0 Å². The van der Waals surface area contributed by atoms with Crippen LogP contribution in [0.3, 0.4) is 0 Å². The minimum absolute atomic E-state index is 0.0573. The number of hydrogen-bond donors (Lipinski definition) is 1. The molecule has 4 rings (SSSR count). The van der Waals surface area contributed by atoms with Crippen molar-refractivity contribution in [1.82, 2.24) is 8.70 Å². The third-order valence-corrected chi connectivity index (χ3v) is 11.9. The van der Waals surface area contributed by atoms with E-state index in [9.17, 15) is 56.3 Å². The number of nitrogens with one attached hydrogen (secondary N) is 1. The van der Waals surface area contributed by atoms with E-state index < -0.39 is 48.2 Å². The van der Waals surface area contributed by atoms with Crippen molar-refractivity contribution in [2.75, 3.05) is 31.1 Å². The minimum Gasteiger partial charge on any atom is -0.456 e. The van der Waals surface area contributed by atoms with E-state index in [0.29, 0.717) is 41.4 Å². The fourth-order valence-corrected chi connectivity index (χ4v) is 8.76. The molecule has 51 heavy (non-hydrogen) atoms. The lowest BCUT2D eigenvalue weighted by molar-refractivity contribution is -0.382. The molecule has 1 aliphatic carbocycles. The Labute approximate surface area is 287 Å². The summed E-state index contributed by atoms with van der Waals surface area (Å²) < 4.78 is 184. The molecule has 2 aliphatic rings. The zero-order valence-corrected chi connectivity index (χ0v) is 29.3. The van der Waals surface area contributed by atoms with Crippen molar-refractivity contribution in [3.63, 3.8) is 0 Å². The number of nitrogens with zero attached hydrogens (tertiary/aromatic N) is 2. The van der Waals surface area contributed by atoms with Crippen LogP contribution in [-0.4, -0.2) is 66.3 Å². The number of sulfonamides is 2. The molecule has 0 saturated heterocycles. The second-order valence-corrected chi connectivity index (χ2v) is 15.1. The SMILES string of the molecule is CCN(CC)c1ccc2c(-c3ccc(C)cc3S(=O)(=O)NS(=O)(=O)C(F)(F)C(F)(F)C(F)(F)C(F)(F)F)c3ccc(=[N+](CC)CC)cc-3oc2c1. The van der Waals surface area contributed by atoms with Gasteiger partial charge in [0.25, 0.3) is 20.0 Å². The van der Waals surface area contributed by atoms with E-state index in [1.807, 2.05) is 37.2 Å². The molecule has 1 heterocycles. The van der Waals surface area contributed by atoms with Crippen LogP contribution >= 0.6 is 0 Å². The van der Waals surface area contributed by atoms with E-state index in [4.69, 9.17) is 4.42 Å². The van der Waals surface area contributed by atoms with Gasteiger partial charge in [-0.25, -0.2) is 21.4 Å². The van der Waals surface area contributed by atoms with Crippen LogP contribution in [0.25, 0.3) is 33.4 Å². The first kappa shape index (κ1) is 39.9. The maximum Gasteiger partial charge on any atom is 0.460 e. The number of anilines is 1. The molecule has 2 aromatic carbocycles. The van der Waals surface area contributed by atoms with E-state index >= 15 is 0 Å². The smallest absolute Gasteiger partial charge is 0.456 e. The molecule has 0 spiro atoms. The second kappa shape index (κ2) is 13.6. The van der Waals surface area contributed by atoms with Crippen molar-refractivity contribution in [3.05, 3.63) is 65.5 Å². The van der Waals surface area contributed by atoms with Gasteiger partial charge in [-0.3, -0.25) is 0 Å². The Kier molecular flexibility index (Phi) is 10.7. The van der Waals surface area contributed by atoms with Crippen molar-refractivity contribution in [1.29, 1.82) is 0 Å². The van der Waals surface area contributed by atoms with Crippen molar-refractivity contribution in [2.45, 2.75) is 62.8 Å². The second-order valence-electron chi connectivity index (χ2n) is 11.4. The number of fused-ring (bicyclic) bond motifs is 2. The molecular formula is C32H33F9N3O5S2+. The zero-order valence-electron chi connectivity index (χ0n) is 27.7. The third kappa shape index (κ3) is 6.79. The molecule has 0 aromatic heterocycles. The average molecular weight is 775 g/mol. The lowest BCUT2D eigenvalue weighted by Gasteiger charge is -2.32. The first-order valence-corrected chi connectivity index (χ1v) is 18.3. The summed E-state index contributed by atoms with van der Waals surface area (Å²) in [6.07, 6.45) is -7.34. The van der Waals surface area contributed by atoms with E-state index in [1.54, 1.807) is 36.4 Å². The van der Waals surface area contributed by atoms with Crippen LogP contribution < -0.4 is 19.0 Å². The quantitative estimate of drug-likeness (QED) is 0.0929. The molecule has 0 amide bonds. The Morgan fingerprint density at radius 1 is 0.745 bits per heavy atom. The van der Waals surface area contributed by atoms with Gasteiger partial charge in [0, 0.05) is 53.0 Å². The summed E-state index contributed by atoms with van der Waals surface area (Å²) in [6, 6.07) is 13.1. The van der Waals surface area contributed by atoms with E-state index in [1.165, 1.54) is 19.1 Å². The van der Waals surface area contributed by atoms with Crippen LogP contribution in [0.5, 0.6) is 0 Å². The minimum atomic E-state index is -7.65. The Bertz CT molecular complexity index is 2210. The number of aryl methyl sites for hydroxylation is 1. The maximum absolute atomic E-state index is 14.6. The van der Waals surface area contributed by atoms with Gasteiger partial charge in [0.1, 0.15) is 24.4 Å². The van der Waals surface area contributed by atoms with Crippen molar-refractivity contribution < 1.29 is 60.8 Å². The van der Waals surface area contributed by atoms with Crippen LogP contribution in [0.2, 0.25) is 0 Å². The molecule has 1 N–H and O–H groups in total. The Hall–Kier alpha value is -3.84. The highest BCUT2D eigenvalue weighted by Crippen LogP contribution is 2.54. The molecule has 1 aliphatic heterocycles. The molecule has 0 fully saturated rings. The zero-order chi connectivity index (χ0) is 38.5. The number of rotatable bonds is 12. The standard InChI is InChI=1S/C32H33F9N3O5S2/c1-6-43(7-2)20-11-14-22-25(17-20)49-26-18-21(44(8-3)9-4)12-15-23(26)28(22)24-13-10-19(5)16-27(24)50(45,46)42-51(47,48)32(40,41)30(35,36)29(33,34)31(37,38)39/h10-18,42H,6-9H2,1-5H3/q+1. The highest BCUT2D eigenvalue weighted by atomic mass is 32.3. The van der Waals surface area contributed by atoms with E-state index in [2.05, 4.69) is 0 Å². The Morgan fingerprint density at radius 3 is 1.88 bits per heavy atom. The highest BCUT2D eigenvalue weighted by Gasteiger charge is 2.85. The monoisotopic (exact) mass is 774 g/mol. The first-order valence-electron chi connectivity index (χ1n) is 15.3. The summed E-state index contributed by atoms with van der Waals surface area (Å²) in [5.41, 5.74) is 0.907. The molecule has 0 saturated carbocycles. The average Bonchev–Trinajstić information content (AvgIpc) is 3.03. The molecule has 19 heteroatoms. The molecule has 8 nitrogen and oxygen atoms in total. The molecular weight excluding hydrogens is 741 g/mol. The Balaban J connectivity index is 2.04. The number of benzene rings is 3. The summed E-state index contributed by atoms with van der Waals surface area (Å²) >= 11 is 0. The molecule has 0 atom stereocenters. The van der Waals surface area contributed by atoms with Gasteiger partial charge in [0.2, 0.25) is 5.36 Å². The third-order valence-electron chi connectivity index (χ3n) is 8.31. The van der Waals surface area contributed by atoms with Crippen molar-refractivity contribution >= 4 is 36.7 Å². The fraction of sp³-hybridized carbons (Fsp3) is 0.406. The van der Waals surface area contributed by atoms with Gasteiger partial charge in [-0.05, 0) is 64.4 Å². The number of hydrogen-bond acceptors (Lipinski definition) is 6. The van der Waals surface area contributed by atoms with Crippen LogP contribution in [0.4, 0.5) is 45.2 Å². The molecule has 0 unspecified atom stereocenters. The van der Waals surface area contributed by atoms with Gasteiger partial charge < -0.3 is 9.32 Å². The van der Waals surface area contributed by atoms with Crippen LogP contribution in [0, 0.1) is 6.92 Å². The summed E-state index contributed by atoms with van der Waals surface area (Å²) in [5.74, 6) is -15.0. The predicted octanol–water partition coefficient (Wildman–Crippen LogP) is 7.21. The lowest BCUT2D eigenvalue weighted by Crippen LogP contribution is -2.65. The van der Waals surface area contributed by atoms with Gasteiger partial charge in [0.15, 0.2) is 0 Å². The highest BCUT2D eigenvalue weighted by molar-refractivity contribution is 8.05. The van der Waals surface area contributed by atoms with Crippen molar-refractivity contribution in [2.24, 2.45) is 0 Å².